The molecule has 1 amide bonds. The molecule has 24 heavy (non-hydrogen) atoms. The van der Waals surface area contributed by atoms with Gasteiger partial charge in [0, 0.05) is 18.9 Å². The zero-order valence-corrected chi connectivity index (χ0v) is 13.1. The summed E-state index contributed by atoms with van der Waals surface area (Å²) in [6, 6.07) is 6.17. The maximum absolute atomic E-state index is 12.9. The molecule has 3 rings (SSSR count). The minimum Gasteiger partial charge on any atom is -0.351 e. The number of pyridine rings is 2. The zero-order valence-electron chi connectivity index (χ0n) is 13.1. The third kappa shape index (κ3) is 3.54. The van der Waals surface area contributed by atoms with Crippen molar-refractivity contribution in [1.29, 1.82) is 0 Å². The largest absolute Gasteiger partial charge is 0.351 e. The topological polar surface area (TPSA) is 84.7 Å². The van der Waals surface area contributed by atoms with Gasteiger partial charge in [-0.15, -0.1) is 0 Å². The number of carbonyl (C=O) groups excluding carboxylic acids is 1. The molecule has 0 fully saturated rings. The molecule has 0 aliphatic rings. The number of aryl methyl sites for hydroxylation is 2. The molecule has 0 radical (unpaired) electrons. The van der Waals surface area contributed by atoms with Crippen molar-refractivity contribution >= 4 is 23.1 Å². The molecule has 0 unspecified atom stereocenters. The molecule has 3 aromatic rings. The number of hydrogen-bond acceptors (Lipinski definition) is 5. The van der Waals surface area contributed by atoms with E-state index in [1.807, 2.05) is 0 Å². The summed E-state index contributed by atoms with van der Waals surface area (Å²) in [5.74, 6) is -0.665. The second kappa shape index (κ2) is 6.45. The van der Waals surface area contributed by atoms with Crippen molar-refractivity contribution in [3.05, 3.63) is 60.1 Å². The molecule has 0 spiro atoms. The second-order valence-corrected chi connectivity index (χ2v) is 5.19. The number of carbonyl (C=O) groups is 1. The van der Waals surface area contributed by atoms with Crippen LogP contribution >= 0.6 is 0 Å². The summed E-state index contributed by atoms with van der Waals surface area (Å²) in [6.07, 6.45) is 4.46. The first-order chi connectivity index (χ1) is 11.5. The number of anilines is 3. The van der Waals surface area contributed by atoms with Crippen LogP contribution in [0, 0.1) is 12.7 Å². The lowest BCUT2D eigenvalue weighted by atomic mass is 10.2. The van der Waals surface area contributed by atoms with Gasteiger partial charge in [0.1, 0.15) is 11.6 Å². The monoisotopic (exact) mass is 326 g/mol. The fourth-order valence-corrected chi connectivity index (χ4v) is 2.10. The first-order valence-electron chi connectivity index (χ1n) is 7.17. The highest BCUT2D eigenvalue weighted by Gasteiger charge is 2.15. The van der Waals surface area contributed by atoms with Crippen LogP contribution in [0.15, 0.2) is 42.9 Å². The van der Waals surface area contributed by atoms with E-state index in [0.717, 1.165) is 11.9 Å². The normalized spacial score (nSPS) is 10.5. The highest BCUT2D eigenvalue weighted by atomic mass is 19.1. The number of halogens is 1. The number of nitrogens with one attached hydrogen (secondary N) is 2. The Morgan fingerprint density at radius 3 is 2.71 bits per heavy atom. The molecule has 0 aromatic carbocycles. The minimum atomic E-state index is -0.472. The van der Waals surface area contributed by atoms with E-state index in [4.69, 9.17) is 0 Å². The summed E-state index contributed by atoms with van der Waals surface area (Å²) in [5, 5.41) is 9.78. The number of rotatable bonds is 4. The summed E-state index contributed by atoms with van der Waals surface area (Å²) in [5.41, 5.74) is 2.18. The van der Waals surface area contributed by atoms with Crippen molar-refractivity contribution in [1.82, 2.24) is 19.7 Å². The van der Waals surface area contributed by atoms with Gasteiger partial charge >= 0.3 is 0 Å². The average Bonchev–Trinajstić information content (AvgIpc) is 2.96. The maximum Gasteiger partial charge on any atom is 0.277 e. The molecule has 8 heteroatoms. The van der Waals surface area contributed by atoms with Crippen LogP contribution in [-0.2, 0) is 7.05 Å². The van der Waals surface area contributed by atoms with Gasteiger partial charge in [0.25, 0.3) is 5.91 Å². The molecule has 2 N–H and O–H groups in total. The lowest BCUT2D eigenvalue weighted by Crippen LogP contribution is -2.17. The van der Waals surface area contributed by atoms with E-state index in [0.29, 0.717) is 11.4 Å². The van der Waals surface area contributed by atoms with Crippen LogP contribution in [0.1, 0.15) is 16.2 Å². The van der Waals surface area contributed by atoms with Gasteiger partial charge in [-0.05, 0) is 31.2 Å². The predicted octanol–water partition coefficient (Wildman–Crippen LogP) is 2.65. The molecular formula is C16H15FN6O. The standard InChI is InChI=1S/C16H15FN6O/c1-10-3-5-13(21-12-8-19-23(2)9-12)15(20-10)16(24)22-14-6-4-11(17)7-18-14/h3-9,21H,1-2H3,(H,18,22,24). The van der Waals surface area contributed by atoms with Gasteiger partial charge in [-0.3, -0.25) is 9.48 Å². The van der Waals surface area contributed by atoms with Crippen molar-refractivity contribution in [3.8, 4) is 0 Å². The van der Waals surface area contributed by atoms with Crippen molar-refractivity contribution in [2.75, 3.05) is 10.6 Å². The smallest absolute Gasteiger partial charge is 0.277 e. The van der Waals surface area contributed by atoms with E-state index in [1.165, 1.54) is 12.1 Å². The molecule has 3 heterocycles. The molecule has 0 atom stereocenters. The third-order valence-corrected chi connectivity index (χ3v) is 3.20. The van der Waals surface area contributed by atoms with E-state index in [-0.39, 0.29) is 11.5 Å². The number of aromatic nitrogens is 4. The van der Waals surface area contributed by atoms with Gasteiger partial charge in [-0.25, -0.2) is 14.4 Å². The quantitative estimate of drug-likeness (QED) is 0.770. The molecule has 0 saturated carbocycles. The highest BCUT2D eigenvalue weighted by molar-refractivity contribution is 6.06. The predicted molar refractivity (Wildman–Crippen MR) is 87.6 cm³/mol. The average molecular weight is 326 g/mol. The lowest BCUT2D eigenvalue weighted by Gasteiger charge is -2.11. The molecule has 122 valence electrons. The van der Waals surface area contributed by atoms with Gasteiger partial charge in [0.15, 0.2) is 5.69 Å². The van der Waals surface area contributed by atoms with Gasteiger partial charge in [0.2, 0.25) is 0 Å². The van der Waals surface area contributed by atoms with Gasteiger partial charge in [0.05, 0.1) is 23.8 Å². The first kappa shape index (κ1) is 15.6. The van der Waals surface area contributed by atoms with Crippen molar-refractivity contribution in [2.45, 2.75) is 6.92 Å². The molecule has 0 aliphatic carbocycles. The SMILES string of the molecule is Cc1ccc(Nc2cnn(C)c2)c(C(=O)Nc2ccc(F)cn2)n1. The molecule has 3 aromatic heterocycles. The van der Waals surface area contributed by atoms with Crippen LogP contribution in [0.25, 0.3) is 0 Å². The molecular weight excluding hydrogens is 311 g/mol. The van der Waals surface area contributed by atoms with E-state index in [9.17, 15) is 9.18 Å². The Bertz CT molecular complexity index is 875. The fraction of sp³-hybridized carbons (Fsp3) is 0.125. The summed E-state index contributed by atoms with van der Waals surface area (Å²) >= 11 is 0. The van der Waals surface area contributed by atoms with E-state index in [2.05, 4.69) is 25.7 Å². The highest BCUT2D eigenvalue weighted by Crippen LogP contribution is 2.20. The van der Waals surface area contributed by atoms with Crippen LogP contribution < -0.4 is 10.6 Å². The van der Waals surface area contributed by atoms with Crippen LogP contribution in [0.2, 0.25) is 0 Å². The zero-order chi connectivity index (χ0) is 17.1. The Morgan fingerprint density at radius 1 is 1.21 bits per heavy atom. The van der Waals surface area contributed by atoms with Crippen molar-refractivity contribution in [3.63, 3.8) is 0 Å². The Morgan fingerprint density at radius 2 is 2.04 bits per heavy atom. The second-order valence-electron chi connectivity index (χ2n) is 5.19. The fourth-order valence-electron chi connectivity index (χ4n) is 2.10. The van der Waals surface area contributed by atoms with Crippen LogP contribution in [0.5, 0.6) is 0 Å². The number of nitrogens with zero attached hydrogens (tertiary/aromatic N) is 4. The number of hydrogen-bond donors (Lipinski definition) is 2. The number of amides is 1. The third-order valence-electron chi connectivity index (χ3n) is 3.20. The Hall–Kier alpha value is -3.29. The lowest BCUT2D eigenvalue weighted by molar-refractivity contribution is 0.102. The van der Waals surface area contributed by atoms with Gasteiger partial charge in [-0.2, -0.15) is 5.10 Å². The molecule has 0 saturated heterocycles. The van der Waals surface area contributed by atoms with E-state index in [1.54, 1.807) is 43.2 Å². The Labute approximate surface area is 137 Å². The molecule has 7 nitrogen and oxygen atoms in total. The maximum atomic E-state index is 12.9. The van der Waals surface area contributed by atoms with E-state index < -0.39 is 11.7 Å². The Kier molecular flexibility index (Phi) is 4.19. The summed E-state index contributed by atoms with van der Waals surface area (Å²) < 4.78 is 14.5. The summed E-state index contributed by atoms with van der Waals surface area (Å²) in [7, 11) is 1.80. The summed E-state index contributed by atoms with van der Waals surface area (Å²) in [4.78, 5) is 20.6. The minimum absolute atomic E-state index is 0.213. The van der Waals surface area contributed by atoms with Gasteiger partial charge < -0.3 is 10.6 Å². The van der Waals surface area contributed by atoms with E-state index >= 15 is 0 Å². The molecule has 0 aliphatic heterocycles. The van der Waals surface area contributed by atoms with Crippen LogP contribution in [0.4, 0.5) is 21.6 Å². The van der Waals surface area contributed by atoms with Crippen LogP contribution in [0.3, 0.4) is 0 Å². The van der Waals surface area contributed by atoms with Crippen LogP contribution in [-0.4, -0.2) is 25.7 Å². The van der Waals surface area contributed by atoms with Crippen molar-refractivity contribution in [2.24, 2.45) is 7.05 Å². The molecule has 0 bridgehead atoms. The summed E-state index contributed by atoms with van der Waals surface area (Å²) in [6.45, 7) is 1.79. The Balaban J connectivity index is 1.86. The van der Waals surface area contributed by atoms with Gasteiger partial charge in [-0.1, -0.05) is 0 Å². The first-order valence-corrected chi connectivity index (χ1v) is 7.17. The van der Waals surface area contributed by atoms with Crippen molar-refractivity contribution < 1.29 is 9.18 Å².